The van der Waals surface area contributed by atoms with Crippen molar-refractivity contribution in [3.05, 3.63) is 100 Å². The van der Waals surface area contributed by atoms with E-state index in [-0.39, 0.29) is 11.9 Å². The minimum atomic E-state index is -0.199. The number of H-pyrrole nitrogens is 1. The van der Waals surface area contributed by atoms with Crippen LogP contribution < -0.4 is 15.5 Å². The van der Waals surface area contributed by atoms with Crippen molar-refractivity contribution >= 4 is 34.9 Å². The minimum absolute atomic E-state index is 0.104. The Balaban J connectivity index is 1.60. The van der Waals surface area contributed by atoms with E-state index in [1.807, 2.05) is 63.4 Å². The number of hydrogen-bond acceptors (Lipinski definition) is 5. The first-order chi connectivity index (χ1) is 19.3. The first-order valence-electron chi connectivity index (χ1n) is 13.9. The van der Waals surface area contributed by atoms with Gasteiger partial charge in [-0.25, -0.2) is 9.97 Å². The maximum absolute atomic E-state index is 13.6. The third-order valence-electron chi connectivity index (χ3n) is 7.02. The Kier molecular flexibility index (Phi) is 9.38. The number of para-hydroxylation sites is 1. The summed E-state index contributed by atoms with van der Waals surface area (Å²) in [4.78, 5) is 28.2. The van der Waals surface area contributed by atoms with Crippen molar-refractivity contribution in [3.8, 4) is 0 Å². The molecule has 2 aromatic carbocycles. The quantitative estimate of drug-likeness (QED) is 0.213. The number of benzene rings is 2. The van der Waals surface area contributed by atoms with Crippen molar-refractivity contribution < 1.29 is 4.79 Å². The SMILES string of the molecule is CC/C=C(\NC)C(CN(CC)c1ccccc1)NC(=O)c1ccc(C)c(/C=C/c2cc(C)nc3nc(C)[nH]c23)c1. The number of allylic oxidation sites excluding steroid dienone is 1. The molecule has 0 saturated heterocycles. The van der Waals surface area contributed by atoms with Crippen LogP contribution >= 0.6 is 0 Å². The second-order valence-electron chi connectivity index (χ2n) is 10.00. The standard InChI is InChI=1S/C33H40N6O/c1-7-12-29(34-6)30(21-39(8-2)28-13-10-9-11-14-28)38-33(40)27-16-15-22(3)25(20-27)17-18-26-19-23(4)35-32-31(26)36-24(5)37-32/h9-20,30,34H,7-8,21H2,1-6H3,(H,38,40)(H,35,36,37)/b18-17+,29-12-. The number of amides is 1. The number of aromatic nitrogens is 3. The number of nitrogens with zero attached hydrogens (tertiary/aromatic N) is 3. The Hall–Kier alpha value is -4.39. The van der Waals surface area contributed by atoms with E-state index in [0.717, 1.165) is 58.1 Å². The van der Waals surface area contributed by atoms with Crippen molar-refractivity contribution in [1.82, 2.24) is 25.6 Å². The average molecular weight is 537 g/mol. The van der Waals surface area contributed by atoms with Crippen LogP contribution in [-0.4, -0.2) is 47.0 Å². The van der Waals surface area contributed by atoms with E-state index in [1.165, 1.54) is 0 Å². The monoisotopic (exact) mass is 536 g/mol. The summed E-state index contributed by atoms with van der Waals surface area (Å²) >= 11 is 0. The minimum Gasteiger partial charge on any atom is -0.390 e. The van der Waals surface area contributed by atoms with Gasteiger partial charge in [-0.2, -0.15) is 0 Å². The number of nitrogens with one attached hydrogen (secondary N) is 3. The number of imidazole rings is 1. The van der Waals surface area contributed by atoms with E-state index < -0.39 is 0 Å². The van der Waals surface area contributed by atoms with Gasteiger partial charge in [-0.05, 0) is 75.6 Å². The molecule has 4 aromatic rings. The van der Waals surface area contributed by atoms with Gasteiger partial charge in [0, 0.05) is 48.3 Å². The zero-order valence-electron chi connectivity index (χ0n) is 24.4. The van der Waals surface area contributed by atoms with Crippen molar-refractivity contribution in [2.24, 2.45) is 0 Å². The van der Waals surface area contributed by atoms with Crippen LogP contribution in [0.3, 0.4) is 0 Å². The molecule has 1 amide bonds. The first-order valence-corrected chi connectivity index (χ1v) is 13.9. The summed E-state index contributed by atoms with van der Waals surface area (Å²) in [5.74, 6) is 0.728. The van der Waals surface area contributed by atoms with Gasteiger partial charge in [-0.15, -0.1) is 0 Å². The molecule has 40 heavy (non-hydrogen) atoms. The summed E-state index contributed by atoms with van der Waals surface area (Å²) in [6.45, 7) is 11.7. The van der Waals surface area contributed by atoms with Crippen molar-refractivity contribution in [3.63, 3.8) is 0 Å². The van der Waals surface area contributed by atoms with E-state index in [4.69, 9.17) is 0 Å². The summed E-state index contributed by atoms with van der Waals surface area (Å²) in [7, 11) is 1.91. The van der Waals surface area contributed by atoms with Gasteiger partial charge >= 0.3 is 0 Å². The summed E-state index contributed by atoms with van der Waals surface area (Å²) < 4.78 is 0. The molecule has 3 N–H and O–H groups in total. The highest BCUT2D eigenvalue weighted by molar-refractivity contribution is 5.96. The van der Waals surface area contributed by atoms with Gasteiger partial charge in [0.25, 0.3) is 5.91 Å². The summed E-state index contributed by atoms with van der Waals surface area (Å²) in [5, 5.41) is 6.62. The largest absolute Gasteiger partial charge is 0.390 e. The second kappa shape index (κ2) is 13.1. The number of rotatable bonds is 11. The van der Waals surface area contributed by atoms with E-state index in [1.54, 1.807) is 0 Å². The number of carbonyl (C=O) groups is 1. The molecular weight excluding hydrogens is 496 g/mol. The molecule has 0 fully saturated rings. The molecule has 0 bridgehead atoms. The summed E-state index contributed by atoms with van der Waals surface area (Å²) in [6, 6.07) is 18.0. The van der Waals surface area contributed by atoms with E-state index >= 15 is 0 Å². The van der Waals surface area contributed by atoms with Gasteiger partial charge in [0.15, 0.2) is 5.65 Å². The number of hydrogen-bond donors (Lipinski definition) is 3. The van der Waals surface area contributed by atoms with E-state index in [0.29, 0.717) is 17.8 Å². The number of likely N-dealkylation sites (N-methyl/N-ethyl adjacent to an activating group) is 2. The molecule has 0 radical (unpaired) electrons. The maximum Gasteiger partial charge on any atom is 0.251 e. The molecule has 0 saturated carbocycles. The lowest BCUT2D eigenvalue weighted by atomic mass is 10.0. The lowest BCUT2D eigenvalue weighted by Gasteiger charge is -2.30. The van der Waals surface area contributed by atoms with Crippen LogP contribution in [0, 0.1) is 20.8 Å². The van der Waals surface area contributed by atoms with Crippen molar-refractivity contribution in [2.75, 3.05) is 25.0 Å². The number of anilines is 1. The highest BCUT2D eigenvalue weighted by atomic mass is 16.1. The average Bonchev–Trinajstić information content (AvgIpc) is 3.33. The van der Waals surface area contributed by atoms with Gasteiger partial charge in [-0.3, -0.25) is 4.79 Å². The molecule has 1 atom stereocenters. The topological polar surface area (TPSA) is 85.9 Å². The van der Waals surface area contributed by atoms with Gasteiger partial charge in [0.05, 0.1) is 11.6 Å². The third-order valence-corrected chi connectivity index (χ3v) is 7.02. The molecule has 0 spiro atoms. The normalized spacial score (nSPS) is 12.6. The molecular formula is C33H40N6O. The van der Waals surface area contributed by atoms with Gasteiger partial charge in [-0.1, -0.05) is 49.4 Å². The molecule has 7 nitrogen and oxygen atoms in total. The van der Waals surface area contributed by atoms with Crippen LogP contribution in [0.25, 0.3) is 23.3 Å². The molecule has 4 rings (SSSR count). The van der Waals surface area contributed by atoms with E-state index in [9.17, 15) is 4.79 Å². The number of fused-ring (bicyclic) bond motifs is 1. The highest BCUT2D eigenvalue weighted by Gasteiger charge is 2.21. The van der Waals surface area contributed by atoms with Crippen molar-refractivity contribution in [2.45, 2.75) is 47.1 Å². The molecule has 2 heterocycles. The molecule has 0 aliphatic heterocycles. The Morgan fingerprint density at radius 3 is 2.45 bits per heavy atom. The van der Waals surface area contributed by atoms with Crippen LogP contribution in [0.1, 0.15) is 58.8 Å². The predicted molar refractivity (Wildman–Crippen MR) is 166 cm³/mol. The van der Waals surface area contributed by atoms with Gasteiger partial charge in [0.1, 0.15) is 5.82 Å². The van der Waals surface area contributed by atoms with Gasteiger partial charge in [0.2, 0.25) is 0 Å². The number of pyridine rings is 1. The van der Waals surface area contributed by atoms with Crippen LogP contribution in [0.5, 0.6) is 0 Å². The van der Waals surface area contributed by atoms with E-state index in [2.05, 4.69) is 81.6 Å². The Morgan fingerprint density at radius 2 is 1.75 bits per heavy atom. The smallest absolute Gasteiger partial charge is 0.251 e. The maximum atomic E-state index is 13.6. The number of aromatic amines is 1. The summed E-state index contributed by atoms with van der Waals surface area (Å²) in [5.41, 5.74) is 8.39. The zero-order valence-corrected chi connectivity index (χ0v) is 24.4. The lowest BCUT2D eigenvalue weighted by molar-refractivity contribution is 0.0942. The Morgan fingerprint density at radius 1 is 1.00 bits per heavy atom. The fourth-order valence-corrected chi connectivity index (χ4v) is 4.91. The highest BCUT2D eigenvalue weighted by Crippen LogP contribution is 2.21. The third kappa shape index (κ3) is 6.78. The predicted octanol–water partition coefficient (Wildman–Crippen LogP) is 6.19. The number of carbonyl (C=O) groups excluding carboxylic acids is 1. The van der Waals surface area contributed by atoms with Gasteiger partial charge < -0.3 is 20.5 Å². The van der Waals surface area contributed by atoms with Crippen LogP contribution in [-0.2, 0) is 0 Å². The lowest BCUT2D eigenvalue weighted by Crippen LogP contribution is -2.47. The fourth-order valence-electron chi connectivity index (χ4n) is 4.91. The molecule has 0 aliphatic rings. The molecule has 1 unspecified atom stereocenters. The molecule has 208 valence electrons. The molecule has 2 aromatic heterocycles. The first kappa shape index (κ1) is 28.6. The summed E-state index contributed by atoms with van der Waals surface area (Å²) in [6.07, 6.45) is 7.13. The molecule has 0 aliphatic carbocycles. The Labute approximate surface area is 237 Å². The van der Waals surface area contributed by atoms with Crippen molar-refractivity contribution in [1.29, 1.82) is 0 Å². The fraction of sp³-hybridized carbons (Fsp3) is 0.303. The van der Waals surface area contributed by atoms with Crippen LogP contribution in [0.15, 0.2) is 66.4 Å². The van der Waals surface area contributed by atoms with Crippen LogP contribution in [0.4, 0.5) is 5.69 Å². The molecule has 7 heteroatoms. The van der Waals surface area contributed by atoms with Crippen LogP contribution in [0.2, 0.25) is 0 Å². The number of aryl methyl sites for hydroxylation is 3. The second-order valence-corrected chi connectivity index (χ2v) is 10.00. The zero-order chi connectivity index (χ0) is 28.6. The Bertz CT molecular complexity index is 1520.